The van der Waals surface area contributed by atoms with Crippen molar-refractivity contribution in [2.75, 3.05) is 6.61 Å². The summed E-state index contributed by atoms with van der Waals surface area (Å²) < 4.78 is 14.0. The first kappa shape index (κ1) is 26.2. The highest BCUT2D eigenvalue weighted by molar-refractivity contribution is 5.87. The van der Waals surface area contributed by atoms with Crippen molar-refractivity contribution in [2.24, 2.45) is 5.41 Å². The Hall–Kier alpha value is -4.37. The van der Waals surface area contributed by atoms with Crippen LogP contribution >= 0.6 is 0 Å². The molecule has 0 unspecified atom stereocenters. The van der Waals surface area contributed by atoms with Crippen molar-refractivity contribution in [3.05, 3.63) is 64.2 Å². The van der Waals surface area contributed by atoms with Crippen molar-refractivity contribution in [1.29, 1.82) is 10.5 Å². The van der Waals surface area contributed by atoms with Gasteiger partial charge in [-0.05, 0) is 65.3 Å². The molecule has 0 saturated heterocycles. The van der Waals surface area contributed by atoms with Gasteiger partial charge in [0, 0.05) is 17.0 Å². The summed E-state index contributed by atoms with van der Waals surface area (Å²) in [5.74, 6) is -0.971. The molecule has 3 rings (SSSR count). The Morgan fingerprint density at radius 3 is 2.25 bits per heavy atom. The van der Waals surface area contributed by atoms with Crippen LogP contribution in [-0.2, 0) is 27.5 Å². The first-order valence-corrected chi connectivity index (χ1v) is 11.5. The summed E-state index contributed by atoms with van der Waals surface area (Å²) in [6, 6.07) is 13.1. The zero-order valence-corrected chi connectivity index (χ0v) is 21.4. The molecule has 0 atom stereocenters. The first-order chi connectivity index (χ1) is 17.0. The zero-order chi connectivity index (χ0) is 26.6. The van der Waals surface area contributed by atoms with Crippen molar-refractivity contribution in [1.82, 2.24) is 14.3 Å². The number of hydrogen-bond donors (Lipinski definition) is 0. The molecule has 0 aliphatic heterocycles. The Bertz CT molecular complexity index is 1380. The maximum absolute atomic E-state index is 12.4. The minimum Gasteiger partial charge on any atom is -0.461 e. The third-order valence-electron chi connectivity index (χ3n) is 5.80. The molecule has 0 bridgehead atoms. The summed E-state index contributed by atoms with van der Waals surface area (Å²) in [6.45, 7) is 11.0. The van der Waals surface area contributed by atoms with Crippen molar-refractivity contribution in [3.63, 3.8) is 0 Å². The van der Waals surface area contributed by atoms with Gasteiger partial charge in [-0.1, -0.05) is 12.1 Å². The van der Waals surface area contributed by atoms with Crippen LogP contribution in [0.15, 0.2) is 30.3 Å². The molecule has 186 valence electrons. The summed E-state index contributed by atoms with van der Waals surface area (Å²) in [6.07, 6.45) is 0. The van der Waals surface area contributed by atoms with E-state index in [2.05, 4.69) is 17.2 Å². The average Bonchev–Trinajstić information content (AvgIpc) is 3.35. The molecule has 0 amide bonds. The second-order valence-electron chi connectivity index (χ2n) is 9.36. The van der Waals surface area contributed by atoms with Gasteiger partial charge in [-0.2, -0.15) is 15.6 Å². The van der Waals surface area contributed by atoms with Crippen LogP contribution in [0.4, 0.5) is 0 Å². The zero-order valence-electron chi connectivity index (χ0n) is 21.4. The van der Waals surface area contributed by atoms with Gasteiger partial charge >= 0.3 is 11.9 Å². The van der Waals surface area contributed by atoms with E-state index >= 15 is 0 Å². The van der Waals surface area contributed by atoms with Crippen molar-refractivity contribution < 1.29 is 19.1 Å². The molecule has 3 aromatic rings. The lowest BCUT2D eigenvalue weighted by Gasteiger charge is -2.17. The van der Waals surface area contributed by atoms with E-state index in [1.54, 1.807) is 45.9 Å². The maximum Gasteiger partial charge on any atom is 0.358 e. The number of rotatable bonds is 7. The van der Waals surface area contributed by atoms with Gasteiger partial charge in [-0.3, -0.25) is 4.79 Å². The topological polar surface area (TPSA) is 123 Å². The minimum atomic E-state index is -0.692. The van der Waals surface area contributed by atoms with Crippen molar-refractivity contribution in [3.8, 4) is 23.3 Å². The van der Waals surface area contributed by atoms with Gasteiger partial charge in [0.2, 0.25) is 0 Å². The van der Waals surface area contributed by atoms with E-state index in [0.29, 0.717) is 16.8 Å². The number of carbonyl (C=O) groups excluding carboxylic acids is 2. The van der Waals surface area contributed by atoms with Crippen LogP contribution in [0.3, 0.4) is 0 Å². The van der Waals surface area contributed by atoms with Gasteiger partial charge in [0.05, 0.1) is 41.5 Å². The second-order valence-corrected chi connectivity index (χ2v) is 9.36. The normalized spacial score (nSPS) is 11.0. The van der Waals surface area contributed by atoms with Crippen molar-refractivity contribution >= 4 is 11.9 Å². The van der Waals surface area contributed by atoms with Crippen LogP contribution in [0.5, 0.6) is 0 Å². The Morgan fingerprint density at radius 2 is 1.69 bits per heavy atom. The average molecular weight is 488 g/mol. The number of aromatic nitrogens is 3. The molecule has 1 aromatic carbocycles. The molecule has 2 heterocycles. The quantitative estimate of drug-likeness (QED) is 0.450. The predicted octanol–water partition coefficient (Wildman–Crippen LogP) is 4.48. The van der Waals surface area contributed by atoms with E-state index in [9.17, 15) is 14.9 Å². The molecule has 0 saturated carbocycles. The molecule has 0 aliphatic carbocycles. The number of hydrogen-bond acceptors (Lipinski definition) is 7. The molecular weight excluding hydrogens is 458 g/mol. The third kappa shape index (κ3) is 5.31. The molecule has 0 aliphatic rings. The van der Waals surface area contributed by atoms with E-state index in [-0.39, 0.29) is 25.6 Å². The number of nitriles is 2. The van der Waals surface area contributed by atoms with Gasteiger partial charge in [0.25, 0.3) is 0 Å². The van der Waals surface area contributed by atoms with E-state index in [1.165, 1.54) is 4.68 Å². The van der Waals surface area contributed by atoms with Gasteiger partial charge in [-0.15, -0.1) is 0 Å². The largest absolute Gasteiger partial charge is 0.461 e. The monoisotopic (exact) mass is 487 g/mol. The predicted molar refractivity (Wildman–Crippen MR) is 132 cm³/mol. The highest BCUT2D eigenvalue weighted by Crippen LogP contribution is 2.33. The van der Waals surface area contributed by atoms with Crippen LogP contribution in [0, 0.1) is 41.9 Å². The Labute approximate surface area is 210 Å². The first-order valence-electron chi connectivity index (χ1n) is 11.5. The third-order valence-corrected chi connectivity index (χ3v) is 5.80. The van der Waals surface area contributed by atoms with E-state index in [0.717, 1.165) is 22.5 Å². The second kappa shape index (κ2) is 10.5. The summed E-state index contributed by atoms with van der Waals surface area (Å²) in [5.41, 5.74) is 4.25. The summed E-state index contributed by atoms with van der Waals surface area (Å²) in [5, 5.41) is 23.4. The van der Waals surface area contributed by atoms with E-state index in [4.69, 9.17) is 14.7 Å². The van der Waals surface area contributed by atoms with Gasteiger partial charge < -0.3 is 14.0 Å². The Kier molecular flexibility index (Phi) is 7.65. The smallest absolute Gasteiger partial charge is 0.358 e. The number of carbonyl (C=O) groups is 2. The minimum absolute atomic E-state index is 0.106. The number of nitrogens with zero attached hydrogens (tertiary/aromatic N) is 5. The molecule has 2 aromatic heterocycles. The molecule has 36 heavy (non-hydrogen) atoms. The summed E-state index contributed by atoms with van der Waals surface area (Å²) in [4.78, 5) is 24.7. The fourth-order valence-electron chi connectivity index (χ4n) is 3.82. The van der Waals surface area contributed by atoms with Crippen LogP contribution in [0.2, 0.25) is 0 Å². The van der Waals surface area contributed by atoms with Crippen LogP contribution in [0.25, 0.3) is 11.1 Å². The standard InChI is InChI=1S/C27H29N5O4/c1-7-35-25(33)23-12-21(32(30-23)16-36-26(34)27(4,5)6)15-31-17(2)22(14-29)24(18(31)3)20-10-8-19(13-28)9-11-20/h8-12H,7,15-16H2,1-6H3. The lowest BCUT2D eigenvalue weighted by Crippen LogP contribution is -2.25. The fraction of sp³-hybridized carbons (Fsp3) is 0.370. The number of benzene rings is 1. The summed E-state index contributed by atoms with van der Waals surface area (Å²) >= 11 is 0. The molecular formula is C27H29N5O4. The number of esters is 2. The van der Waals surface area contributed by atoms with E-state index in [1.807, 2.05) is 30.5 Å². The molecule has 0 radical (unpaired) electrons. The van der Waals surface area contributed by atoms with Crippen molar-refractivity contribution in [2.45, 2.75) is 54.8 Å². The maximum atomic E-state index is 12.4. The highest BCUT2D eigenvalue weighted by atomic mass is 16.5. The van der Waals surface area contributed by atoms with Crippen LogP contribution in [0.1, 0.15) is 66.4 Å². The fourth-order valence-corrected chi connectivity index (χ4v) is 3.82. The summed E-state index contributed by atoms with van der Waals surface area (Å²) in [7, 11) is 0. The lowest BCUT2D eigenvalue weighted by molar-refractivity contribution is -0.157. The molecule has 0 fully saturated rings. The molecule has 9 heteroatoms. The van der Waals surface area contributed by atoms with Crippen LogP contribution in [-0.4, -0.2) is 32.9 Å². The van der Waals surface area contributed by atoms with Gasteiger partial charge in [0.1, 0.15) is 6.07 Å². The van der Waals surface area contributed by atoms with Gasteiger partial charge in [-0.25, -0.2) is 9.48 Å². The van der Waals surface area contributed by atoms with E-state index < -0.39 is 17.4 Å². The molecule has 9 nitrogen and oxygen atoms in total. The van der Waals surface area contributed by atoms with Gasteiger partial charge in [0.15, 0.2) is 12.4 Å². The Balaban J connectivity index is 2.04. The molecule has 0 spiro atoms. The SMILES string of the molecule is CCOC(=O)c1cc(Cn2c(C)c(C#N)c(-c3ccc(C#N)cc3)c2C)n(COC(=O)C(C)(C)C)n1. The van der Waals surface area contributed by atoms with Crippen LogP contribution < -0.4 is 0 Å². The lowest BCUT2D eigenvalue weighted by atomic mass is 9.98. The Morgan fingerprint density at radius 1 is 1.03 bits per heavy atom. The number of ether oxygens (including phenoxy) is 2. The highest BCUT2D eigenvalue weighted by Gasteiger charge is 2.25. The molecule has 0 N–H and O–H groups in total.